The first-order chi connectivity index (χ1) is 5.21. The van der Waals surface area contributed by atoms with Crippen LogP contribution in [0.3, 0.4) is 0 Å². The van der Waals surface area contributed by atoms with Crippen molar-refractivity contribution in [2.24, 2.45) is 0 Å². The van der Waals surface area contributed by atoms with Gasteiger partial charge in [0, 0.05) is 13.7 Å². The maximum Gasteiger partial charge on any atom is 0.337 e. The Morgan fingerprint density at radius 1 is 1.73 bits per heavy atom. The highest BCUT2D eigenvalue weighted by atomic mass is 16.5. The van der Waals surface area contributed by atoms with Crippen molar-refractivity contribution in [1.29, 1.82) is 0 Å². The first-order valence-corrected chi connectivity index (χ1v) is 3.70. The molecule has 1 aliphatic rings. The molecule has 1 heterocycles. The van der Waals surface area contributed by atoms with Gasteiger partial charge in [-0.2, -0.15) is 0 Å². The molecule has 1 atom stereocenters. The minimum Gasteiger partial charge on any atom is -0.479 e. The molecule has 64 valence electrons. The van der Waals surface area contributed by atoms with Crippen LogP contribution in [-0.4, -0.2) is 36.9 Å². The standard InChI is InChI=1S/C7H13NO3/c1-11-7(6(9)10)3-2-4-8-5-7/h8H,2-5H2,1H3,(H,9,10). The van der Waals surface area contributed by atoms with E-state index >= 15 is 0 Å². The predicted octanol–water partition coefficient (Wildman–Crippen LogP) is -0.160. The number of piperidine rings is 1. The average Bonchev–Trinajstić information content (AvgIpc) is 2.05. The summed E-state index contributed by atoms with van der Waals surface area (Å²) in [6, 6.07) is 0. The maximum absolute atomic E-state index is 10.7. The molecular weight excluding hydrogens is 146 g/mol. The molecule has 0 aromatic rings. The lowest BCUT2D eigenvalue weighted by atomic mass is 9.94. The zero-order valence-corrected chi connectivity index (χ0v) is 6.59. The van der Waals surface area contributed by atoms with E-state index in [1.54, 1.807) is 0 Å². The molecule has 0 radical (unpaired) electrons. The van der Waals surface area contributed by atoms with Crippen molar-refractivity contribution >= 4 is 5.97 Å². The van der Waals surface area contributed by atoms with E-state index in [0.717, 1.165) is 13.0 Å². The predicted molar refractivity (Wildman–Crippen MR) is 39.5 cm³/mol. The van der Waals surface area contributed by atoms with E-state index in [9.17, 15) is 4.79 Å². The van der Waals surface area contributed by atoms with Gasteiger partial charge >= 0.3 is 5.97 Å². The molecule has 1 saturated heterocycles. The van der Waals surface area contributed by atoms with Crippen LogP contribution in [0, 0.1) is 0 Å². The second-order valence-corrected chi connectivity index (χ2v) is 2.78. The molecule has 4 nitrogen and oxygen atoms in total. The van der Waals surface area contributed by atoms with Crippen molar-refractivity contribution in [3.63, 3.8) is 0 Å². The molecule has 1 fully saturated rings. The fourth-order valence-electron chi connectivity index (χ4n) is 1.32. The summed E-state index contributed by atoms with van der Waals surface area (Å²) in [6.45, 7) is 1.30. The SMILES string of the molecule is COC1(C(=O)O)CCCNC1. The van der Waals surface area contributed by atoms with Crippen molar-refractivity contribution in [3.05, 3.63) is 0 Å². The van der Waals surface area contributed by atoms with Crippen LogP contribution in [0.5, 0.6) is 0 Å². The summed E-state index contributed by atoms with van der Waals surface area (Å²) in [6.07, 6.45) is 1.46. The van der Waals surface area contributed by atoms with Crippen LogP contribution in [0.1, 0.15) is 12.8 Å². The molecule has 1 unspecified atom stereocenters. The summed E-state index contributed by atoms with van der Waals surface area (Å²) >= 11 is 0. The number of carboxylic acid groups (broad SMARTS) is 1. The van der Waals surface area contributed by atoms with Gasteiger partial charge < -0.3 is 15.2 Å². The Hall–Kier alpha value is -0.610. The number of ether oxygens (including phenoxy) is 1. The number of carboxylic acids is 1. The number of aliphatic carboxylic acids is 1. The van der Waals surface area contributed by atoms with Gasteiger partial charge in [0.2, 0.25) is 0 Å². The highest BCUT2D eigenvalue weighted by Crippen LogP contribution is 2.19. The molecule has 4 heteroatoms. The molecular formula is C7H13NO3. The molecule has 0 saturated carbocycles. The molecule has 0 amide bonds. The Balaban J connectivity index is 2.64. The molecule has 0 aromatic heterocycles. The van der Waals surface area contributed by atoms with Crippen molar-refractivity contribution in [2.45, 2.75) is 18.4 Å². The highest BCUT2D eigenvalue weighted by Gasteiger charge is 2.39. The summed E-state index contributed by atoms with van der Waals surface area (Å²) in [5, 5.41) is 11.8. The Morgan fingerprint density at radius 2 is 2.45 bits per heavy atom. The zero-order valence-electron chi connectivity index (χ0n) is 6.59. The third kappa shape index (κ3) is 1.52. The van der Waals surface area contributed by atoms with E-state index in [1.807, 2.05) is 0 Å². The number of methoxy groups -OCH3 is 1. The van der Waals surface area contributed by atoms with Gasteiger partial charge in [-0.25, -0.2) is 4.79 Å². The van der Waals surface area contributed by atoms with Gasteiger partial charge in [0.15, 0.2) is 5.60 Å². The van der Waals surface area contributed by atoms with Gasteiger partial charge in [0.25, 0.3) is 0 Å². The van der Waals surface area contributed by atoms with Gasteiger partial charge in [-0.15, -0.1) is 0 Å². The largest absolute Gasteiger partial charge is 0.479 e. The number of rotatable bonds is 2. The van der Waals surface area contributed by atoms with Crippen LogP contribution in [0.4, 0.5) is 0 Å². The minimum atomic E-state index is -0.974. The van der Waals surface area contributed by atoms with Gasteiger partial charge in [-0.05, 0) is 19.4 Å². The van der Waals surface area contributed by atoms with Crippen LogP contribution in [0.25, 0.3) is 0 Å². The third-order valence-electron chi connectivity index (χ3n) is 2.13. The summed E-state index contributed by atoms with van der Waals surface area (Å²) < 4.78 is 4.98. The number of hydrogen-bond donors (Lipinski definition) is 2. The minimum absolute atomic E-state index is 0.416. The monoisotopic (exact) mass is 159 g/mol. The lowest BCUT2D eigenvalue weighted by Gasteiger charge is -2.31. The Labute approximate surface area is 65.5 Å². The summed E-state index contributed by atoms with van der Waals surface area (Å²) in [5.41, 5.74) is -0.974. The van der Waals surface area contributed by atoms with E-state index < -0.39 is 11.6 Å². The first-order valence-electron chi connectivity index (χ1n) is 3.70. The summed E-state index contributed by atoms with van der Waals surface area (Å²) in [7, 11) is 1.45. The number of hydrogen-bond acceptors (Lipinski definition) is 3. The number of carbonyl (C=O) groups is 1. The Morgan fingerprint density at radius 3 is 2.73 bits per heavy atom. The van der Waals surface area contributed by atoms with Gasteiger partial charge in [0.05, 0.1) is 0 Å². The van der Waals surface area contributed by atoms with Crippen LogP contribution >= 0.6 is 0 Å². The van der Waals surface area contributed by atoms with E-state index in [4.69, 9.17) is 9.84 Å². The molecule has 0 aromatic carbocycles. The summed E-state index contributed by atoms with van der Waals surface area (Å²) in [4.78, 5) is 10.7. The Kier molecular flexibility index (Phi) is 2.46. The molecule has 1 aliphatic heterocycles. The molecule has 1 rings (SSSR count). The van der Waals surface area contributed by atoms with Crippen LogP contribution in [-0.2, 0) is 9.53 Å². The smallest absolute Gasteiger partial charge is 0.337 e. The lowest BCUT2D eigenvalue weighted by molar-refractivity contribution is -0.164. The van der Waals surface area contributed by atoms with E-state index in [2.05, 4.69) is 5.32 Å². The van der Waals surface area contributed by atoms with Gasteiger partial charge in [-0.3, -0.25) is 0 Å². The van der Waals surface area contributed by atoms with Crippen molar-refractivity contribution in [1.82, 2.24) is 5.32 Å². The second-order valence-electron chi connectivity index (χ2n) is 2.78. The van der Waals surface area contributed by atoms with Gasteiger partial charge in [-0.1, -0.05) is 0 Å². The van der Waals surface area contributed by atoms with Crippen LogP contribution < -0.4 is 5.32 Å². The average molecular weight is 159 g/mol. The third-order valence-corrected chi connectivity index (χ3v) is 2.13. The zero-order chi connectivity index (χ0) is 8.32. The Bertz CT molecular complexity index is 152. The van der Waals surface area contributed by atoms with Crippen molar-refractivity contribution < 1.29 is 14.6 Å². The molecule has 11 heavy (non-hydrogen) atoms. The van der Waals surface area contributed by atoms with Crippen LogP contribution in [0.15, 0.2) is 0 Å². The van der Waals surface area contributed by atoms with Crippen molar-refractivity contribution in [3.8, 4) is 0 Å². The quantitative estimate of drug-likeness (QED) is 0.587. The fraction of sp³-hybridized carbons (Fsp3) is 0.857. The molecule has 0 bridgehead atoms. The molecule has 0 aliphatic carbocycles. The highest BCUT2D eigenvalue weighted by molar-refractivity contribution is 5.78. The lowest BCUT2D eigenvalue weighted by Crippen LogP contribution is -2.52. The van der Waals surface area contributed by atoms with Crippen molar-refractivity contribution in [2.75, 3.05) is 20.2 Å². The van der Waals surface area contributed by atoms with E-state index in [-0.39, 0.29) is 0 Å². The van der Waals surface area contributed by atoms with Crippen LogP contribution in [0.2, 0.25) is 0 Å². The first kappa shape index (κ1) is 8.49. The maximum atomic E-state index is 10.7. The number of nitrogens with one attached hydrogen (secondary N) is 1. The normalized spacial score (nSPS) is 31.7. The molecule has 2 N–H and O–H groups in total. The van der Waals surface area contributed by atoms with E-state index in [1.165, 1.54) is 7.11 Å². The molecule has 0 spiro atoms. The second kappa shape index (κ2) is 3.19. The summed E-state index contributed by atoms with van der Waals surface area (Å²) in [5.74, 6) is -0.868. The topological polar surface area (TPSA) is 58.6 Å². The van der Waals surface area contributed by atoms with Gasteiger partial charge in [0.1, 0.15) is 0 Å². The fourth-order valence-corrected chi connectivity index (χ4v) is 1.32. The van der Waals surface area contributed by atoms with E-state index in [0.29, 0.717) is 13.0 Å².